The molecule has 0 aromatic heterocycles. The highest BCUT2D eigenvalue weighted by atomic mass is 16.5. The highest BCUT2D eigenvalue weighted by molar-refractivity contribution is 5.77. The summed E-state index contributed by atoms with van der Waals surface area (Å²) in [4.78, 5) is 18.5. The fourth-order valence-corrected chi connectivity index (χ4v) is 4.93. The highest BCUT2D eigenvalue weighted by Gasteiger charge is 2.19. The fourth-order valence-electron chi connectivity index (χ4n) is 4.93. The number of hydrogen-bond acceptors (Lipinski definition) is 6. The van der Waals surface area contributed by atoms with Crippen molar-refractivity contribution in [2.45, 2.75) is 32.0 Å². The Morgan fingerprint density at radius 1 is 1.09 bits per heavy atom. The van der Waals surface area contributed by atoms with E-state index in [1.807, 2.05) is 13.1 Å². The van der Waals surface area contributed by atoms with Crippen LogP contribution in [-0.2, 0) is 30.7 Å². The second kappa shape index (κ2) is 11.9. The standard InChI is InChI=1S/C27H37N3O3/c1-28(19-27(32)20-30-11-9-23-4-2-3-5-25(23)18-30)10-8-24-16-22(6-7-26(24)21-31)17-29-12-14-33-15-13-29/h2-7,16,21,27,32H,8-15,17-20H2,1H3. The molecule has 178 valence electrons. The Morgan fingerprint density at radius 2 is 1.88 bits per heavy atom. The van der Waals surface area contributed by atoms with Crippen molar-refractivity contribution in [3.05, 3.63) is 70.3 Å². The van der Waals surface area contributed by atoms with E-state index in [0.29, 0.717) is 13.1 Å². The van der Waals surface area contributed by atoms with E-state index in [1.54, 1.807) is 0 Å². The number of benzene rings is 2. The molecule has 0 spiro atoms. The van der Waals surface area contributed by atoms with Gasteiger partial charge in [-0.2, -0.15) is 0 Å². The molecule has 1 unspecified atom stereocenters. The number of nitrogens with zero attached hydrogens (tertiary/aromatic N) is 3. The molecule has 2 aliphatic heterocycles. The number of fused-ring (bicyclic) bond motifs is 1. The average molecular weight is 452 g/mol. The molecule has 2 aromatic carbocycles. The molecule has 1 N–H and O–H groups in total. The summed E-state index contributed by atoms with van der Waals surface area (Å²) in [6.45, 7) is 8.40. The first-order valence-corrected chi connectivity index (χ1v) is 12.1. The van der Waals surface area contributed by atoms with Gasteiger partial charge in [-0.05, 0) is 42.1 Å². The van der Waals surface area contributed by atoms with Gasteiger partial charge in [-0.3, -0.25) is 14.6 Å². The topological polar surface area (TPSA) is 56.3 Å². The normalized spacial score (nSPS) is 18.3. The van der Waals surface area contributed by atoms with Crippen LogP contribution >= 0.6 is 0 Å². The van der Waals surface area contributed by atoms with Gasteiger partial charge in [0.15, 0.2) is 0 Å². The van der Waals surface area contributed by atoms with Gasteiger partial charge >= 0.3 is 0 Å². The summed E-state index contributed by atoms with van der Waals surface area (Å²) in [5, 5.41) is 10.7. The molecule has 0 radical (unpaired) electrons. The first-order valence-electron chi connectivity index (χ1n) is 12.1. The number of carbonyl (C=O) groups is 1. The van der Waals surface area contributed by atoms with Gasteiger partial charge in [0.05, 0.1) is 19.3 Å². The van der Waals surface area contributed by atoms with E-state index >= 15 is 0 Å². The summed E-state index contributed by atoms with van der Waals surface area (Å²) < 4.78 is 5.44. The number of hydrogen-bond donors (Lipinski definition) is 1. The molecule has 2 aromatic rings. The van der Waals surface area contributed by atoms with Crippen LogP contribution in [0.15, 0.2) is 42.5 Å². The van der Waals surface area contributed by atoms with Crippen LogP contribution in [0.4, 0.5) is 0 Å². The molecule has 0 amide bonds. The second-order valence-electron chi connectivity index (χ2n) is 9.46. The van der Waals surface area contributed by atoms with Crippen LogP contribution in [0.3, 0.4) is 0 Å². The number of aliphatic hydroxyl groups excluding tert-OH is 1. The minimum atomic E-state index is -0.390. The maximum Gasteiger partial charge on any atom is 0.150 e. The molecule has 2 heterocycles. The van der Waals surface area contributed by atoms with E-state index < -0.39 is 6.10 Å². The monoisotopic (exact) mass is 451 g/mol. The van der Waals surface area contributed by atoms with Gasteiger partial charge in [0, 0.05) is 57.9 Å². The molecule has 0 aliphatic carbocycles. The number of β-amino-alcohol motifs (C(OH)–C–C–N with tert-alkyl or cyclic N) is 1. The average Bonchev–Trinajstić information content (AvgIpc) is 2.83. The largest absolute Gasteiger partial charge is 0.390 e. The molecule has 33 heavy (non-hydrogen) atoms. The van der Waals surface area contributed by atoms with E-state index in [2.05, 4.69) is 51.1 Å². The lowest BCUT2D eigenvalue weighted by Crippen LogP contribution is -2.41. The predicted molar refractivity (Wildman–Crippen MR) is 131 cm³/mol. The summed E-state index contributed by atoms with van der Waals surface area (Å²) in [6, 6.07) is 14.8. The van der Waals surface area contributed by atoms with Crippen molar-refractivity contribution >= 4 is 6.29 Å². The van der Waals surface area contributed by atoms with Gasteiger partial charge in [-0.15, -0.1) is 0 Å². The summed E-state index contributed by atoms with van der Waals surface area (Å²) in [6.07, 6.45) is 2.41. The molecule has 6 nitrogen and oxygen atoms in total. The highest BCUT2D eigenvalue weighted by Crippen LogP contribution is 2.19. The van der Waals surface area contributed by atoms with Gasteiger partial charge in [-0.25, -0.2) is 0 Å². The minimum Gasteiger partial charge on any atom is -0.390 e. The van der Waals surface area contributed by atoms with Crippen LogP contribution < -0.4 is 0 Å². The molecule has 1 saturated heterocycles. The number of morpholine rings is 1. The van der Waals surface area contributed by atoms with Crippen molar-refractivity contribution in [3.63, 3.8) is 0 Å². The quantitative estimate of drug-likeness (QED) is 0.559. The second-order valence-corrected chi connectivity index (χ2v) is 9.46. The predicted octanol–water partition coefficient (Wildman–Crippen LogP) is 2.22. The summed E-state index contributed by atoms with van der Waals surface area (Å²) in [5.74, 6) is 0. The number of carbonyl (C=O) groups excluding carboxylic acids is 1. The fraction of sp³-hybridized carbons (Fsp3) is 0.519. The van der Waals surface area contributed by atoms with Crippen LogP contribution in [0, 0.1) is 0 Å². The number of likely N-dealkylation sites (N-methyl/N-ethyl adjacent to an activating group) is 1. The lowest BCUT2D eigenvalue weighted by Gasteiger charge is -2.31. The van der Waals surface area contributed by atoms with Gasteiger partial charge in [-0.1, -0.05) is 42.5 Å². The molecule has 0 saturated carbocycles. The van der Waals surface area contributed by atoms with Crippen LogP contribution in [-0.4, -0.2) is 91.7 Å². The van der Waals surface area contributed by atoms with Crippen molar-refractivity contribution in [2.75, 3.05) is 59.5 Å². The first kappa shape index (κ1) is 24.0. The lowest BCUT2D eigenvalue weighted by molar-refractivity contribution is 0.0342. The third-order valence-electron chi connectivity index (χ3n) is 6.81. The van der Waals surface area contributed by atoms with E-state index in [1.165, 1.54) is 16.7 Å². The maximum absolute atomic E-state index is 11.6. The molecule has 6 heteroatoms. The van der Waals surface area contributed by atoms with Gasteiger partial charge in [0.1, 0.15) is 6.29 Å². The SMILES string of the molecule is CN(CCc1cc(CN2CCOCC2)ccc1C=O)CC(O)CN1CCc2ccccc2C1. The van der Waals surface area contributed by atoms with E-state index in [4.69, 9.17) is 4.74 Å². The van der Waals surface area contributed by atoms with Gasteiger partial charge in [0.2, 0.25) is 0 Å². The van der Waals surface area contributed by atoms with Gasteiger partial charge < -0.3 is 14.7 Å². The minimum absolute atomic E-state index is 0.390. The Labute approximate surface area is 197 Å². The van der Waals surface area contributed by atoms with Crippen LogP contribution in [0.5, 0.6) is 0 Å². The summed E-state index contributed by atoms with van der Waals surface area (Å²) in [7, 11) is 2.05. The third-order valence-corrected chi connectivity index (χ3v) is 6.81. The van der Waals surface area contributed by atoms with Crippen molar-refractivity contribution in [1.29, 1.82) is 0 Å². The zero-order valence-electron chi connectivity index (χ0n) is 19.8. The number of ether oxygens (including phenoxy) is 1. The zero-order valence-corrected chi connectivity index (χ0v) is 19.8. The van der Waals surface area contributed by atoms with Crippen molar-refractivity contribution in [1.82, 2.24) is 14.7 Å². The number of aliphatic hydroxyl groups is 1. The van der Waals surface area contributed by atoms with Crippen molar-refractivity contribution in [2.24, 2.45) is 0 Å². The Balaban J connectivity index is 1.26. The Bertz CT molecular complexity index is 913. The summed E-state index contributed by atoms with van der Waals surface area (Å²) >= 11 is 0. The van der Waals surface area contributed by atoms with E-state index in [-0.39, 0.29) is 0 Å². The lowest BCUT2D eigenvalue weighted by atomic mass is 9.99. The third kappa shape index (κ3) is 6.95. The molecule has 0 bridgehead atoms. The molecule has 4 rings (SSSR count). The van der Waals surface area contributed by atoms with Crippen LogP contribution in [0.1, 0.15) is 32.6 Å². The summed E-state index contributed by atoms with van der Waals surface area (Å²) in [5.41, 5.74) is 5.90. The Morgan fingerprint density at radius 3 is 2.67 bits per heavy atom. The Kier molecular flexibility index (Phi) is 8.64. The smallest absolute Gasteiger partial charge is 0.150 e. The van der Waals surface area contributed by atoms with Crippen LogP contribution in [0.2, 0.25) is 0 Å². The molecule has 2 aliphatic rings. The van der Waals surface area contributed by atoms with E-state index in [0.717, 1.165) is 82.7 Å². The van der Waals surface area contributed by atoms with Gasteiger partial charge in [0.25, 0.3) is 0 Å². The maximum atomic E-state index is 11.6. The Hall–Kier alpha value is -2.09. The van der Waals surface area contributed by atoms with Crippen LogP contribution in [0.25, 0.3) is 0 Å². The van der Waals surface area contributed by atoms with Crippen molar-refractivity contribution < 1.29 is 14.6 Å². The molecule has 1 atom stereocenters. The number of aldehydes is 1. The molecular weight excluding hydrogens is 414 g/mol. The van der Waals surface area contributed by atoms with Crippen molar-refractivity contribution in [3.8, 4) is 0 Å². The van der Waals surface area contributed by atoms with E-state index in [9.17, 15) is 9.90 Å². The molecular formula is C27H37N3O3. The zero-order chi connectivity index (χ0) is 23.0. The number of rotatable bonds is 10. The molecule has 1 fully saturated rings. The first-order chi connectivity index (χ1) is 16.1.